The third-order valence-corrected chi connectivity index (χ3v) is 3.31. The van der Waals surface area contributed by atoms with Crippen LogP contribution in [0.15, 0.2) is 22.7 Å². The number of carboxylic acids is 1. The van der Waals surface area contributed by atoms with Gasteiger partial charge < -0.3 is 15.4 Å². The van der Waals surface area contributed by atoms with Crippen LogP contribution in [0.1, 0.15) is 28.0 Å². The number of carbonyl (C=O) groups is 1. The van der Waals surface area contributed by atoms with E-state index in [0.717, 1.165) is 24.8 Å². The van der Waals surface area contributed by atoms with E-state index in [1.165, 1.54) is 11.1 Å². The Hall–Kier alpha value is -2.30. The first kappa shape index (κ1) is 10.8. The van der Waals surface area contributed by atoms with Gasteiger partial charge in [-0.2, -0.15) is 0 Å². The lowest BCUT2D eigenvalue weighted by Crippen LogP contribution is -2.00. The summed E-state index contributed by atoms with van der Waals surface area (Å²) in [5, 5.41) is 12.5. The van der Waals surface area contributed by atoms with Crippen LogP contribution in [-0.2, 0) is 12.8 Å². The number of nitrogen functional groups attached to an aromatic ring is 1. The third kappa shape index (κ3) is 1.55. The number of benzene rings is 1. The number of hydrogen-bond donors (Lipinski definition) is 2. The number of hydrogen-bond acceptors (Lipinski definition) is 4. The van der Waals surface area contributed by atoms with Gasteiger partial charge in [-0.1, -0.05) is 23.4 Å². The van der Waals surface area contributed by atoms with E-state index >= 15 is 0 Å². The molecule has 1 aromatic carbocycles. The van der Waals surface area contributed by atoms with E-state index in [2.05, 4.69) is 5.16 Å². The van der Waals surface area contributed by atoms with Gasteiger partial charge in [0.05, 0.1) is 5.56 Å². The van der Waals surface area contributed by atoms with Gasteiger partial charge in [0.2, 0.25) is 11.6 Å². The average molecular weight is 244 g/mol. The van der Waals surface area contributed by atoms with Crippen molar-refractivity contribution >= 4 is 11.9 Å². The first-order valence-electron chi connectivity index (χ1n) is 5.77. The fraction of sp³-hybridized carbons (Fsp3) is 0.231. The Bertz CT molecular complexity index is 631. The lowest BCUT2D eigenvalue weighted by molar-refractivity contribution is 0.0686. The summed E-state index contributed by atoms with van der Waals surface area (Å²) in [4.78, 5) is 11.1. The van der Waals surface area contributed by atoms with Gasteiger partial charge in [0.1, 0.15) is 0 Å². The number of aryl methyl sites for hydroxylation is 2. The molecule has 92 valence electrons. The Morgan fingerprint density at radius 3 is 2.89 bits per heavy atom. The van der Waals surface area contributed by atoms with E-state index in [9.17, 15) is 4.79 Å². The van der Waals surface area contributed by atoms with Gasteiger partial charge in [0, 0.05) is 0 Å². The molecule has 0 radical (unpaired) electrons. The van der Waals surface area contributed by atoms with Crippen LogP contribution in [0.5, 0.6) is 0 Å². The number of nitrogens with zero attached hydrogens (tertiary/aromatic N) is 1. The molecule has 1 heterocycles. The molecule has 0 aliphatic heterocycles. The number of aromatic carboxylic acids is 1. The summed E-state index contributed by atoms with van der Waals surface area (Å²) < 4.78 is 4.78. The van der Waals surface area contributed by atoms with Crippen LogP contribution in [0, 0.1) is 0 Å². The molecule has 0 bridgehead atoms. The molecule has 0 spiro atoms. The van der Waals surface area contributed by atoms with Crippen molar-refractivity contribution in [1.82, 2.24) is 5.16 Å². The minimum absolute atomic E-state index is 0.0466. The van der Waals surface area contributed by atoms with Crippen molar-refractivity contribution in [3.8, 4) is 11.1 Å². The van der Waals surface area contributed by atoms with Gasteiger partial charge in [0.25, 0.3) is 0 Å². The van der Waals surface area contributed by atoms with Crippen molar-refractivity contribution in [3.05, 3.63) is 35.0 Å². The van der Waals surface area contributed by atoms with Gasteiger partial charge in [-0.3, -0.25) is 0 Å². The molecule has 1 aliphatic rings. The van der Waals surface area contributed by atoms with Crippen molar-refractivity contribution in [2.75, 3.05) is 5.73 Å². The van der Waals surface area contributed by atoms with E-state index < -0.39 is 5.97 Å². The fourth-order valence-corrected chi connectivity index (χ4v) is 2.46. The predicted octanol–water partition coefficient (Wildman–Crippen LogP) is 2.11. The zero-order valence-corrected chi connectivity index (χ0v) is 9.64. The molecule has 3 rings (SSSR count). The Morgan fingerprint density at radius 1 is 1.33 bits per heavy atom. The summed E-state index contributed by atoms with van der Waals surface area (Å²) in [5.74, 6) is -1.09. The van der Waals surface area contributed by atoms with Crippen molar-refractivity contribution in [2.24, 2.45) is 0 Å². The normalized spacial score (nSPS) is 13.6. The van der Waals surface area contributed by atoms with E-state index in [0.29, 0.717) is 5.56 Å². The standard InChI is InChI=1S/C13H12N2O3/c14-12-10(11(13(16)17)15-18-12)9-5-4-7-2-1-3-8(7)6-9/h4-6H,1-3,14H2,(H,16,17). The highest BCUT2D eigenvalue weighted by Crippen LogP contribution is 2.33. The summed E-state index contributed by atoms with van der Waals surface area (Å²) in [6.45, 7) is 0. The third-order valence-electron chi connectivity index (χ3n) is 3.31. The molecule has 5 nitrogen and oxygen atoms in total. The molecular weight excluding hydrogens is 232 g/mol. The fourth-order valence-electron chi connectivity index (χ4n) is 2.46. The van der Waals surface area contributed by atoms with Crippen molar-refractivity contribution in [3.63, 3.8) is 0 Å². The Labute approximate surface area is 103 Å². The minimum atomic E-state index is -1.13. The quantitative estimate of drug-likeness (QED) is 0.844. The summed E-state index contributed by atoms with van der Waals surface area (Å²) in [7, 11) is 0. The summed E-state index contributed by atoms with van der Waals surface area (Å²) in [6, 6.07) is 5.88. The molecule has 2 aromatic rings. The molecule has 1 aromatic heterocycles. The van der Waals surface area contributed by atoms with E-state index in [4.69, 9.17) is 15.4 Å². The smallest absolute Gasteiger partial charge is 0.358 e. The highest BCUT2D eigenvalue weighted by Gasteiger charge is 2.22. The zero-order chi connectivity index (χ0) is 12.7. The molecule has 0 atom stereocenters. The summed E-state index contributed by atoms with van der Waals surface area (Å²) >= 11 is 0. The second-order valence-corrected chi connectivity index (χ2v) is 4.41. The molecule has 0 unspecified atom stereocenters. The van der Waals surface area contributed by atoms with Crippen molar-refractivity contribution < 1.29 is 14.4 Å². The molecule has 3 N–H and O–H groups in total. The van der Waals surface area contributed by atoms with Crippen molar-refractivity contribution in [1.29, 1.82) is 0 Å². The number of carboxylic acid groups (broad SMARTS) is 1. The van der Waals surface area contributed by atoms with Crippen LogP contribution in [-0.4, -0.2) is 16.2 Å². The van der Waals surface area contributed by atoms with Gasteiger partial charge in [0.15, 0.2) is 0 Å². The second-order valence-electron chi connectivity index (χ2n) is 4.41. The molecule has 1 aliphatic carbocycles. The molecular formula is C13H12N2O3. The lowest BCUT2D eigenvalue weighted by Gasteiger charge is -2.04. The second kappa shape index (κ2) is 3.87. The van der Waals surface area contributed by atoms with Crippen LogP contribution >= 0.6 is 0 Å². The Balaban J connectivity index is 2.15. The maximum atomic E-state index is 11.1. The lowest BCUT2D eigenvalue weighted by atomic mass is 10.0. The van der Waals surface area contributed by atoms with Crippen LogP contribution in [0.25, 0.3) is 11.1 Å². The summed E-state index contributed by atoms with van der Waals surface area (Å²) in [6.07, 6.45) is 3.25. The average Bonchev–Trinajstić information content (AvgIpc) is 2.93. The number of nitrogens with two attached hydrogens (primary N) is 1. The highest BCUT2D eigenvalue weighted by molar-refractivity contribution is 5.96. The predicted molar refractivity (Wildman–Crippen MR) is 65.3 cm³/mol. The Morgan fingerprint density at radius 2 is 2.11 bits per heavy atom. The SMILES string of the molecule is Nc1onc(C(=O)O)c1-c1ccc2c(c1)CCC2. The first-order chi connectivity index (χ1) is 8.66. The van der Waals surface area contributed by atoms with Crippen LogP contribution in [0.3, 0.4) is 0 Å². The first-order valence-corrected chi connectivity index (χ1v) is 5.77. The van der Waals surface area contributed by atoms with Gasteiger partial charge >= 0.3 is 5.97 Å². The highest BCUT2D eigenvalue weighted by atomic mass is 16.5. The molecule has 0 saturated carbocycles. The topological polar surface area (TPSA) is 89.4 Å². The summed E-state index contributed by atoms with van der Waals surface area (Å²) in [5.41, 5.74) is 9.24. The van der Waals surface area contributed by atoms with E-state index in [1.54, 1.807) is 0 Å². The van der Waals surface area contributed by atoms with Crippen molar-refractivity contribution in [2.45, 2.75) is 19.3 Å². The molecule has 0 saturated heterocycles. The maximum Gasteiger partial charge on any atom is 0.358 e. The number of rotatable bonds is 2. The molecule has 0 amide bonds. The van der Waals surface area contributed by atoms with Gasteiger partial charge in [-0.25, -0.2) is 4.79 Å². The van der Waals surface area contributed by atoms with E-state index in [1.807, 2.05) is 18.2 Å². The van der Waals surface area contributed by atoms with Gasteiger partial charge in [-0.15, -0.1) is 0 Å². The van der Waals surface area contributed by atoms with Crippen LogP contribution in [0.2, 0.25) is 0 Å². The largest absolute Gasteiger partial charge is 0.476 e. The maximum absolute atomic E-state index is 11.1. The number of anilines is 1. The molecule has 0 fully saturated rings. The zero-order valence-electron chi connectivity index (χ0n) is 9.64. The molecule has 18 heavy (non-hydrogen) atoms. The van der Waals surface area contributed by atoms with E-state index in [-0.39, 0.29) is 11.6 Å². The number of aromatic nitrogens is 1. The Kier molecular flexibility index (Phi) is 2.33. The monoisotopic (exact) mass is 244 g/mol. The van der Waals surface area contributed by atoms with Crippen LogP contribution < -0.4 is 5.73 Å². The number of fused-ring (bicyclic) bond motifs is 1. The molecule has 5 heteroatoms. The van der Waals surface area contributed by atoms with Gasteiger partial charge in [-0.05, 0) is 36.0 Å². The minimum Gasteiger partial charge on any atom is -0.476 e. The van der Waals surface area contributed by atoms with Crippen LogP contribution in [0.4, 0.5) is 5.88 Å².